The maximum atomic E-state index is 12.3. The molecule has 0 spiro atoms. The van der Waals surface area contributed by atoms with Crippen molar-refractivity contribution in [3.8, 4) is 0 Å². The summed E-state index contributed by atoms with van der Waals surface area (Å²) in [4.78, 5) is 46.2. The van der Waals surface area contributed by atoms with Crippen molar-refractivity contribution in [2.75, 3.05) is 11.9 Å². The molecule has 3 N–H and O–H groups in total. The van der Waals surface area contributed by atoms with Crippen LogP contribution in [-0.2, 0) is 18.6 Å². The summed E-state index contributed by atoms with van der Waals surface area (Å²) in [6.45, 7) is 4.86. The highest BCUT2D eigenvalue weighted by Gasteiger charge is 2.49. The zero-order valence-corrected chi connectivity index (χ0v) is 17.0. The van der Waals surface area contributed by atoms with Crippen LogP contribution in [0.1, 0.15) is 33.4 Å². The van der Waals surface area contributed by atoms with Crippen LogP contribution in [0.15, 0.2) is 11.1 Å². The highest BCUT2D eigenvalue weighted by Crippen LogP contribution is 2.41. The number of hydrogen-bond acceptors (Lipinski definition) is 9. The molecule has 0 bridgehead atoms. The summed E-state index contributed by atoms with van der Waals surface area (Å²) < 4.78 is 23.5. The average molecular weight is 427 g/mol. The molecule has 3 heterocycles. The zero-order chi connectivity index (χ0) is 21.3. The Morgan fingerprint density at radius 3 is 2.86 bits per heavy atom. The van der Waals surface area contributed by atoms with E-state index in [9.17, 15) is 24.2 Å². The molecular formula is C16H22N5O7P. The first-order valence-corrected chi connectivity index (χ1v) is 10.2. The monoisotopic (exact) mass is 427 g/mol. The molecule has 1 amide bonds. The number of imidazole rings is 1. The number of anilines is 1. The fourth-order valence-corrected chi connectivity index (χ4v) is 3.75. The van der Waals surface area contributed by atoms with E-state index in [1.165, 1.54) is 10.9 Å². The van der Waals surface area contributed by atoms with E-state index in [1.54, 1.807) is 13.8 Å². The molecule has 3 unspecified atom stereocenters. The molecule has 1 fully saturated rings. The van der Waals surface area contributed by atoms with Crippen molar-refractivity contribution in [1.29, 1.82) is 0 Å². The van der Waals surface area contributed by atoms with Crippen molar-refractivity contribution in [3.63, 3.8) is 0 Å². The minimum atomic E-state index is -3.22. The Morgan fingerprint density at radius 2 is 2.28 bits per heavy atom. The number of hydrogen-bond donors (Lipinski definition) is 3. The van der Waals surface area contributed by atoms with Gasteiger partial charge in [-0.1, -0.05) is 20.8 Å². The number of amides is 1. The summed E-state index contributed by atoms with van der Waals surface area (Å²) in [5.41, 5.74) is -0.508. The summed E-state index contributed by atoms with van der Waals surface area (Å²) in [5, 5.41) is 12.2. The summed E-state index contributed by atoms with van der Waals surface area (Å²) in [7, 11) is -3.22. The molecular weight excluding hydrogens is 405 g/mol. The van der Waals surface area contributed by atoms with Crippen LogP contribution >= 0.6 is 8.25 Å². The molecule has 0 aromatic carbocycles. The SMILES string of the molecule is CCC1OC(n2cnc3c(=O)[nH]c(NC(=O)C(C)C)nc32)[C@@H](O[P+](=O)[O-])[C@H]1CO. The molecule has 3 rings (SSSR count). The summed E-state index contributed by atoms with van der Waals surface area (Å²) in [5.74, 6) is -1.34. The first-order chi connectivity index (χ1) is 13.8. The van der Waals surface area contributed by atoms with Gasteiger partial charge in [-0.25, -0.2) is 4.98 Å². The van der Waals surface area contributed by atoms with E-state index in [2.05, 4.69) is 20.3 Å². The van der Waals surface area contributed by atoms with Gasteiger partial charge in [-0.15, -0.1) is 4.52 Å². The summed E-state index contributed by atoms with van der Waals surface area (Å²) >= 11 is 0. The number of aliphatic hydroxyl groups is 1. The number of H-pyrrole nitrogens is 1. The van der Waals surface area contributed by atoms with Gasteiger partial charge in [-0.05, 0) is 11.0 Å². The van der Waals surface area contributed by atoms with Crippen LogP contribution in [0.5, 0.6) is 0 Å². The number of rotatable bonds is 7. The fraction of sp³-hybridized carbons (Fsp3) is 0.625. The maximum Gasteiger partial charge on any atom is 0.488 e. The van der Waals surface area contributed by atoms with E-state index < -0.39 is 38.2 Å². The first kappa shape index (κ1) is 21.5. The Hall–Kier alpha value is -2.24. The molecule has 1 aliphatic rings. The normalized spacial score (nSPS) is 25.0. The first-order valence-electron chi connectivity index (χ1n) is 9.12. The van der Waals surface area contributed by atoms with E-state index in [0.29, 0.717) is 6.42 Å². The topological polar surface area (TPSA) is 171 Å². The lowest BCUT2D eigenvalue weighted by Gasteiger charge is -2.18. The van der Waals surface area contributed by atoms with E-state index in [4.69, 9.17) is 9.26 Å². The van der Waals surface area contributed by atoms with Gasteiger partial charge in [0, 0.05) is 11.8 Å². The maximum absolute atomic E-state index is 12.3. The van der Waals surface area contributed by atoms with Gasteiger partial charge in [0.1, 0.15) is 0 Å². The number of aliphatic hydroxyl groups excluding tert-OH is 1. The molecule has 0 aliphatic carbocycles. The Kier molecular flexibility index (Phi) is 6.39. The van der Waals surface area contributed by atoms with Crippen molar-refractivity contribution >= 4 is 31.3 Å². The second-order valence-corrected chi connectivity index (χ2v) is 7.65. The lowest BCUT2D eigenvalue weighted by Crippen LogP contribution is -2.31. The number of fused-ring (bicyclic) bond motifs is 1. The molecule has 0 saturated carbocycles. The number of aromatic amines is 1. The Morgan fingerprint density at radius 1 is 1.55 bits per heavy atom. The van der Waals surface area contributed by atoms with Crippen molar-refractivity contribution < 1.29 is 28.6 Å². The fourth-order valence-electron chi connectivity index (χ4n) is 3.29. The van der Waals surface area contributed by atoms with Gasteiger partial charge in [-0.3, -0.25) is 24.5 Å². The quantitative estimate of drug-likeness (QED) is 0.516. The third-order valence-corrected chi connectivity index (χ3v) is 5.20. The lowest BCUT2D eigenvalue weighted by molar-refractivity contribution is -0.193. The van der Waals surface area contributed by atoms with Gasteiger partial charge >= 0.3 is 8.25 Å². The molecule has 1 aliphatic heterocycles. The van der Waals surface area contributed by atoms with Gasteiger partial charge in [0.15, 0.2) is 23.5 Å². The van der Waals surface area contributed by atoms with E-state index in [0.717, 1.165) is 0 Å². The lowest BCUT2D eigenvalue weighted by atomic mass is 9.97. The molecule has 12 nitrogen and oxygen atoms in total. The minimum absolute atomic E-state index is 0.0121. The Balaban J connectivity index is 2.05. The number of carbonyl (C=O) groups is 1. The Bertz CT molecular complexity index is 974. The van der Waals surface area contributed by atoms with Gasteiger partial charge in [0.05, 0.1) is 19.0 Å². The Labute approximate surface area is 166 Å². The van der Waals surface area contributed by atoms with E-state index >= 15 is 0 Å². The number of ether oxygens (including phenoxy) is 1. The summed E-state index contributed by atoms with van der Waals surface area (Å²) in [6.07, 6.45) is -0.694. The van der Waals surface area contributed by atoms with Crippen molar-refractivity contribution in [3.05, 3.63) is 16.7 Å². The van der Waals surface area contributed by atoms with Gasteiger partial charge < -0.3 is 14.7 Å². The number of aromatic nitrogens is 4. The third-order valence-electron chi connectivity index (χ3n) is 4.79. The van der Waals surface area contributed by atoms with Gasteiger partial charge in [0.2, 0.25) is 11.9 Å². The molecule has 2 aromatic rings. The summed E-state index contributed by atoms with van der Waals surface area (Å²) in [6, 6.07) is 0. The highest BCUT2D eigenvalue weighted by atomic mass is 31.1. The molecule has 158 valence electrons. The zero-order valence-electron chi connectivity index (χ0n) is 16.1. The number of nitrogens with one attached hydrogen (secondary N) is 2. The second kappa shape index (κ2) is 8.64. The molecule has 13 heteroatoms. The van der Waals surface area contributed by atoms with Crippen LogP contribution in [0.4, 0.5) is 5.95 Å². The van der Waals surface area contributed by atoms with E-state index in [1.807, 2.05) is 6.92 Å². The van der Waals surface area contributed by atoms with Crippen LogP contribution in [0.3, 0.4) is 0 Å². The van der Waals surface area contributed by atoms with Crippen molar-refractivity contribution in [2.45, 2.75) is 45.6 Å². The third kappa shape index (κ3) is 4.21. The second-order valence-electron chi connectivity index (χ2n) is 7.00. The number of nitrogens with zero attached hydrogens (tertiary/aromatic N) is 3. The van der Waals surface area contributed by atoms with Crippen LogP contribution in [0.25, 0.3) is 11.2 Å². The molecule has 2 aromatic heterocycles. The average Bonchev–Trinajstić information content (AvgIpc) is 3.22. The van der Waals surface area contributed by atoms with Gasteiger partial charge in [-0.2, -0.15) is 4.98 Å². The van der Waals surface area contributed by atoms with Crippen molar-refractivity contribution in [1.82, 2.24) is 19.5 Å². The smallest absolute Gasteiger partial charge is 0.488 e. The standard InChI is InChI=1S/C16H22N5O7P/c1-4-9-8(5-22)11(28-29(25)26)15(27-9)21-6-17-10-12(21)18-16(20-14(10)24)19-13(23)7(2)3/h6-9,11,15,22H,4-5H2,1-3H3,(H2,18,19,20,23,24)/t8-,9?,11-,15?/m0/s1. The minimum Gasteiger partial charge on any atom is -0.566 e. The predicted molar refractivity (Wildman–Crippen MR) is 98.9 cm³/mol. The van der Waals surface area contributed by atoms with Crippen LogP contribution < -0.4 is 15.8 Å². The van der Waals surface area contributed by atoms with Crippen LogP contribution in [0, 0.1) is 11.8 Å². The molecule has 0 radical (unpaired) electrons. The van der Waals surface area contributed by atoms with Crippen LogP contribution in [-0.4, -0.2) is 49.3 Å². The van der Waals surface area contributed by atoms with Crippen molar-refractivity contribution in [2.24, 2.45) is 11.8 Å². The van der Waals surface area contributed by atoms with E-state index in [-0.39, 0.29) is 35.5 Å². The van der Waals surface area contributed by atoms with Gasteiger partial charge in [0.25, 0.3) is 5.56 Å². The van der Waals surface area contributed by atoms with Crippen LogP contribution in [0.2, 0.25) is 0 Å². The molecule has 29 heavy (non-hydrogen) atoms. The molecule has 5 atom stereocenters. The number of carbonyl (C=O) groups excluding carboxylic acids is 1. The molecule has 1 saturated heterocycles. The highest BCUT2D eigenvalue weighted by molar-refractivity contribution is 7.30. The largest absolute Gasteiger partial charge is 0.566 e. The predicted octanol–water partition coefficient (Wildman–Crippen LogP) is 0.0329.